The number of sulfonamides is 1. The Labute approximate surface area is 173 Å². The van der Waals surface area contributed by atoms with Crippen LogP contribution in [-0.2, 0) is 14.8 Å². The molecule has 0 saturated carbocycles. The van der Waals surface area contributed by atoms with Crippen molar-refractivity contribution in [3.8, 4) is 16.9 Å². The van der Waals surface area contributed by atoms with Crippen LogP contribution in [0.2, 0.25) is 0 Å². The molecule has 0 saturated heterocycles. The summed E-state index contributed by atoms with van der Waals surface area (Å²) in [5, 5.41) is 5.04. The van der Waals surface area contributed by atoms with Gasteiger partial charge in [-0.15, -0.1) is 0 Å². The van der Waals surface area contributed by atoms with Gasteiger partial charge in [0.25, 0.3) is 0 Å². The predicted molar refractivity (Wildman–Crippen MR) is 109 cm³/mol. The minimum Gasteiger partial charge on any atom is -0.490 e. The molecule has 3 aromatic carbocycles. The molecule has 0 fully saturated rings. The Morgan fingerprint density at radius 1 is 0.833 bits per heavy atom. The summed E-state index contributed by atoms with van der Waals surface area (Å²) in [4.78, 5) is 24.9. The highest BCUT2D eigenvalue weighted by Gasteiger charge is 2.27. The number of hydrogen-bond acceptors (Lipinski definition) is 6. The van der Waals surface area contributed by atoms with E-state index in [1.165, 1.54) is 24.3 Å². The van der Waals surface area contributed by atoms with Crippen LogP contribution in [0.25, 0.3) is 11.1 Å². The zero-order valence-electron chi connectivity index (χ0n) is 15.7. The fourth-order valence-electron chi connectivity index (χ4n) is 3.26. The van der Waals surface area contributed by atoms with Crippen molar-refractivity contribution in [2.45, 2.75) is 4.90 Å². The zero-order valence-corrected chi connectivity index (χ0v) is 16.5. The summed E-state index contributed by atoms with van der Waals surface area (Å²) in [6, 6.07) is 17.8. The number of ether oxygens (including phenoxy) is 2. The molecule has 0 amide bonds. The molecule has 0 spiro atoms. The Morgan fingerprint density at radius 3 is 2.20 bits per heavy atom. The summed E-state index contributed by atoms with van der Waals surface area (Å²) >= 11 is 0. The Hall–Kier alpha value is -3.49. The fourth-order valence-corrected chi connectivity index (χ4v) is 3.77. The molecule has 2 N–H and O–H groups in total. The smallest absolute Gasteiger partial charge is 0.338 e. The monoisotopic (exact) mass is 423 g/mol. The Balaban J connectivity index is 1.35. The summed E-state index contributed by atoms with van der Waals surface area (Å²) in [7, 11) is -3.76. The molecule has 0 bridgehead atoms. The lowest BCUT2D eigenvalue weighted by Crippen LogP contribution is -2.13. The molecule has 0 atom stereocenters. The van der Waals surface area contributed by atoms with Gasteiger partial charge in [-0.2, -0.15) is 0 Å². The first-order chi connectivity index (χ1) is 14.3. The molecule has 30 heavy (non-hydrogen) atoms. The minimum absolute atomic E-state index is 0.0129. The molecule has 152 valence electrons. The van der Waals surface area contributed by atoms with Gasteiger partial charge in [0.2, 0.25) is 10.0 Å². The quantitative estimate of drug-likeness (QED) is 0.377. The number of benzene rings is 3. The van der Waals surface area contributed by atoms with Gasteiger partial charge >= 0.3 is 5.97 Å². The molecule has 3 aromatic rings. The van der Waals surface area contributed by atoms with Crippen LogP contribution in [-0.4, -0.2) is 33.4 Å². The van der Waals surface area contributed by atoms with Gasteiger partial charge in [-0.1, -0.05) is 30.3 Å². The van der Waals surface area contributed by atoms with E-state index in [1.807, 2.05) is 12.1 Å². The van der Waals surface area contributed by atoms with Crippen LogP contribution in [0.4, 0.5) is 0 Å². The second-order valence-corrected chi connectivity index (χ2v) is 8.20. The third kappa shape index (κ3) is 3.83. The van der Waals surface area contributed by atoms with Crippen LogP contribution in [0.5, 0.6) is 5.75 Å². The first-order valence-electron chi connectivity index (χ1n) is 9.05. The molecule has 0 radical (unpaired) electrons. The molecule has 8 heteroatoms. The highest BCUT2D eigenvalue weighted by Crippen LogP contribution is 2.36. The van der Waals surface area contributed by atoms with E-state index in [1.54, 1.807) is 30.3 Å². The highest BCUT2D eigenvalue weighted by molar-refractivity contribution is 7.89. The van der Waals surface area contributed by atoms with E-state index in [9.17, 15) is 18.0 Å². The number of carbonyl (C=O) groups is 2. The molecule has 0 aliphatic heterocycles. The SMILES string of the molecule is NS(=O)(=O)c1ccc(OCCOC(=O)c2ccc3c(c2)C(=O)c2ccccc2-3)cc1. The Morgan fingerprint density at radius 2 is 1.50 bits per heavy atom. The summed E-state index contributed by atoms with van der Waals surface area (Å²) in [5.74, 6) is -0.254. The van der Waals surface area contributed by atoms with Crippen molar-refractivity contribution in [2.75, 3.05) is 13.2 Å². The molecular formula is C22H17NO6S. The van der Waals surface area contributed by atoms with Crippen LogP contribution in [0.1, 0.15) is 26.3 Å². The van der Waals surface area contributed by atoms with E-state index in [0.717, 1.165) is 11.1 Å². The fraction of sp³-hybridized carbons (Fsp3) is 0.0909. The lowest BCUT2D eigenvalue weighted by molar-refractivity contribution is 0.0450. The van der Waals surface area contributed by atoms with Gasteiger partial charge in [-0.05, 0) is 47.5 Å². The van der Waals surface area contributed by atoms with Crippen LogP contribution in [0.15, 0.2) is 71.6 Å². The first-order valence-corrected chi connectivity index (χ1v) is 10.6. The maximum Gasteiger partial charge on any atom is 0.338 e. The van der Waals surface area contributed by atoms with Crippen molar-refractivity contribution in [3.63, 3.8) is 0 Å². The number of nitrogens with two attached hydrogens (primary N) is 1. The van der Waals surface area contributed by atoms with Crippen molar-refractivity contribution in [1.29, 1.82) is 0 Å². The van der Waals surface area contributed by atoms with E-state index in [0.29, 0.717) is 16.9 Å². The number of rotatable bonds is 6. The van der Waals surface area contributed by atoms with Crippen LogP contribution < -0.4 is 9.88 Å². The first kappa shape index (κ1) is 19.8. The van der Waals surface area contributed by atoms with Crippen molar-refractivity contribution in [3.05, 3.63) is 83.4 Å². The summed E-state index contributed by atoms with van der Waals surface area (Å²) in [5.41, 5.74) is 3.06. The number of hydrogen-bond donors (Lipinski definition) is 1. The van der Waals surface area contributed by atoms with E-state index in [2.05, 4.69) is 0 Å². The molecular weight excluding hydrogens is 406 g/mol. The van der Waals surface area contributed by atoms with Crippen molar-refractivity contribution >= 4 is 21.8 Å². The maximum absolute atomic E-state index is 12.5. The molecule has 7 nitrogen and oxygen atoms in total. The van der Waals surface area contributed by atoms with Crippen LogP contribution in [0.3, 0.4) is 0 Å². The van der Waals surface area contributed by atoms with E-state index >= 15 is 0 Å². The van der Waals surface area contributed by atoms with Crippen molar-refractivity contribution < 1.29 is 27.5 Å². The van der Waals surface area contributed by atoms with E-state index in [-0.39, 0.29) is 29.5 Å². The van der Waals surface area contributed by atoms with Gasteiger partial charge in [0, 0.05) is 11.1 Å². The molecule has 0 aromatic heterocycles. The lowest BCUT2D eigenvalue weighted by Gasteiger charge is -2.09. The van der Waals surface area contributed by atoms with Gasteiger partial charge in [0.15, 0.2) is 5.78 Å². The molecule has 0 heterocycles. The summed E-state index contributed by atoms with van der Waals surface area (Å²) in [6.07, 6.45) is 0. The zero-order chi connectivity index (χ0) is 21.3. The second kappa shape index (κ2) is 7.74. The molecule has 1 aliphatic rings. The molecule has 0 unspecified atom stereocenters. The van der Waals surface area contributed by atoms with Gasteiger partial charge in [-0.3, -0.25) is 4.79 Å². The topological polar surface area (TPSA) is 113 Å². The predicted octanol–water partition coefficient (Wildman–Crippen LogP) is 2.78. The Bertz CT molecular complexity index is 1250. The van der Waals surface area contributed by atoms with Gasteiger partial charge < -0.3 is 9.47 Å². The van der Waals surface area contributed by atoms with E-state index < -0.39 is 16.0 Å². The average Bonchev–Trinajstić information content (AvgIpc) is 3.03. The number of fused-ring (bicyclic) bond motifs is 3. The Kier molecular flexibility index (Phi) is 5.11. The van der Waals surface area contributed by atoms with Gasteiger partial charge in [0.1, 0.15) is 19.0 Å². The molecule has 1 aliphatic carbocycles. The van der Waals surface area contributed by atoms with E-state index in [4.69, 9.17) is 14.6 Å². The average molecular weight is 423 g/mol. The summed E-state index contributed by atoms with van der Waals surface area (Å²) in [6.45, 7) is 0.0663. The number of primary sulfonamides is 1. The second-order valence-electron chi connectivity index (χ2n) is 6.64. The lowest BCUT2D eigenvalue weighted by atomic mass is 10.0. The highest BCUT2D eigenvalue weighted by atomic mass is 32.2. The van der Waals surface area contributed by atoms with Crippen molar-refractivity contribution in [1.82, 2.24) is 0 Å². The summed E-state index contributed by atoms with van der Waals surface area (Å²) < 4.78 is 33.1. The number of ketones is 1. The van der Waals surface area contributed by atoms with Crippen molar-refractivity contribution in [2.24, 2.45) is 5.14 Å². The van der Waals surface area contributed by atoms with Crippen LogP contribution >= 0.6 is 0 Å². The minimum atomic E-state index is -3.76. The third-order valence-electron chi connectivity index (χ3n) is 4.70. The van der Waals surface area contributed by atoms with Gasteiger partial charge in [-0.25, -0.2) is 18.4 Å². The standard InChI is InChI=1S/C22H17NO6S/c23-30(26,27)16-8-6-15(7-9-16)28-11-12-29-22(25)14-5-10-18-17-3-1-2-4-19(17)21(24)20(18)13-14/h1-10,13H,11-12H2,(H2,23,26,27). The van der Waals surface area contributed by atoms with Crippen LogP contribution in [0, 0.1) is 0 Å². The number of esters is 1. The largest absolute Gasteiger partial charge is 0.490 e. The normalized spacial score (nSPS) is 12.2. The molecule has 4 rings (SSSR count). The number of carbonyl (C=O) groups excluding carboxylic acids is 2. The van der Waals surface area contributed by atoms with Gasteiger partial charge in [0.05, 0.1) is 10.5 Å². The third-order valence-corrected chi connectivity index (χ3v) is 5.63. The maximum atomic E-state index is 12.5.